The highest BCUT2D eigenvalue weighted by molar-refractivity contribution is 4.73. The SMILES string of the molecule is CCN(CCCO)CC(C)CNC(C)(C)C. The maximum absolute atomic E-state index is 8.82. The van der Waals surface area contributed by atoms with Gasteiger partial charge in [0.1, 0.15) is 0 Å². The summed E-state index contributed by atoms with van der Waals surface area (Å²) < 4.78 is 0. The molecule has 0 bridgehead atoms. The fourth-order valence-corrected chi connectivity index (χ4v) is 1.66. The van der Waals surface area contributed by atoms with E-state index in [1.54, 1.807) is 0 Å². The van der Waals surface area contributed by atoms with Crippen LogP contribution in [0.25, 0.3) is 0 Å². The van der Waals surface area contributed by atoms with Crippen molar-refractivity contribution in [3.05, 3.63) is 0 Å². The van der Waals surface area contributed by atoms with E-state index in [1.165, 1.54) is 0 Å². The lowest BCUT2D eigenvalue weighted by Crippen LogP contribution is -2.41. The minimum atomic E-state index is 0.205. The number of hydrogen-bond donors (Lipinski definition) is 2. The quantitative estimate of drug-likeness (QED) is 0.666. The van der Waals surface area contributed by atoms with E-state index in [1.807, 2.05) is 0 Å². The highest BCUT2D eigenvalue weighted by atomic mass is 16.3. The van der Waals surface area contributed by atoms with Gasteiger partial charge in [-0.3, -0.25) is 0 Å². The third kappa shape index (κ3) is 9.13. The second-order valence-electron chi connectivity index (χ2n) is 5.71. The van der Waals surface area contributed by atoms with Crippen molar-refractivity contribution in [2.24, 2.45) is 5.92 Å². The molecule has 16 heavy (non-hydrogen) atoms. The first-order valence-electron chi connectivity index (χ1n) is 6.47. The Balaban J connectivity index is 3.77. The number of nitrogens with one attached hydrogen (secondary N) is 1. The number of hydrogen-bond acceptors (Lipinski definition) is 3. The van der Waals surface area contributed by atoms with Crippen molar-refractivity contribution in [1.29, 1.82) is 0 Å². The van der Waals surface area contributed by atoms with Gasteiger partial charge in [-0.25, -0.2) is 0 Å². The summed E-state index contributed by atoms with van der Waals surface area (Å²) in [6.07, 6.45) is 0.882. The first-order chi connectivity index (χ1) is 7.39. The molecule has 3 nitrogen and oxygen atoms in total. The first-order valence-corrected chi connectivity index (χ1v) is 6.47. The fraction of sp³-hybridized carbons (Fsp3) is 1.00. The van der Waals surface area contributed by atoms with Crippen molar-refractivity contribution < 1.29 is 5.11 Å². The first kappa shape index (κ1) is 15.9. The molecule has 0 amide bonds. The van der Waals surface area contributed by atoms with E-state index in [2.05, 4.69) is 44.8 Å². The Bertz CT molecular complexity index is 166. The zero-order chi connectivity index (χ0) is 12.6. The van der Waals surface area contributed by atoms with Gasteiger partial charge in [-0.2, -0.15) is 0 Å². The predicted octanol–water partition coefficient (Wildman–Crippen LogP) is 1.71. The lowest BCUT2D eigenvalue weighted by Gasteiger charge is -2.27. The summed E-state index contributed by atoms with van der Waals surface area (Å²) in [7, 11) is 0. The van der Waals surface area contributed by atoms with Crippen molar-refractivity contribution in [3.8, 4) is 0 Å². The van der Waals surface area contributed by atoms with Crippen LogP contribution in [0.5, 0.6) is 0 Å². The molecule has 1 atom stereocenters. The molecule has 2 N–H and O–H groups in total. The summed E-state index contributed by atoms with van der Waals surface area (Å²) in [4.78, 5) is 2.41. The van der Waals surface area contributed by atoms with Gasteiger partial charge >= 0.3 is 0 Å². The molecule has 1 unspecified atom stereocenters. The van der Waals surface area contributed by atoms with Gasteiger partial charge in [-0.05, 0) is 46.2 Å². The molecule has 0 aromatic carbocycles. The summed E-state index contributed by atoms with van der Waals surface area (Å²) in [6, 6.07) is 0. The van der Waals surface area contributed by atoms with E-state index in [0.29, 0.717) is 12.5 Å². The van der Waals surface area contributed by atoms with E-state index < -0.39 is 0 Å². The molecular formula is C13H30N2O. The topological polar surface area (TPSA) is 35.5 Å². The van der Waals surface area contributed by atoms with Crippen molar-refractivity contribution >= 4 is 0 Å². The monoisotopic (exact) mass is 230 g/mol. The minimum absolute atomic E-state index is 0.205. The predicted molar refractivity (Wildman–Crippen MR) is 70.7 cm³/mol. The summed E-state index contributed by atoms with van der Waals surface area (Å²) >= 11 is 0. The van der Waals surface area contributed by atoms with Crippen LogP contribution in [-0.4, -0.2) is 48.3 Å². The Kier molecular flexibility index (Phi) is 7.98. The molecule has 0 aliphatic heterocycles. The third-order valence-electron chi connectivity index (χ3n) is 2.63. The summed E-state index contributed by atoms with van der Waals surface area (Å²) in [6.45, 7) is 15.6. The van der Waals surface area contributed by atoms with E-state index in [9.17, 15) is 0 Å². The summed E-state index contributed by atoms with van der Waals surface area (Å²) in [5.74, 6) is 0.651. The molecular weight excluding hydrogens is 200 g/mol. The van der Waals surface area contributed by atoms with Crippen molar-refractivity contribution in [1.82, 2.24) is 10.2 Å². The number of nitrogens with zero attached hydrogens (tertiary/aromatic N) is 1. The molecule has 0 aliphatic rings. The number of aliphatic hydroxyl groups excluding tert-OH is 1. The van der Waals surface area contributed by atoms with Crippen LogP contribution in [0.3, 0.4) is 0 Å². The highest BCUT2D eigenvalue weighted by Crippen LogP contribution is 2.04. The van der Waals surface area contributed by atoms with Crippen molar-refractivity contribution in [2.75, 3.05) is 32.8 Å². The van der Waals surface area contributed by atoms with E-state index in [0.717, 1.165) is 32.6 Å². The molecule has 0 spiro atoms. The van der Waals surface area contributed by atoms with Gasteiger partial charge in [0.15, 0.2) is 0 Å². The highest BCUT2D eigenvalue weighted by Gasteiger charge is 2.13. The van der Waals surface area contributed by atoms with Gasteiger partial charge in [0.25, 0.3) is 0 Å². The largest absolute Gasteiger partial charge is 0.396 e. The normalized spacial score (nSPS) is 14.4. The van der Waals surface area contributed by atoms with Crippen LogP contribution in [0.1, 0.15) is 41.0 Å². The summed E-state index contributed by atoms with van der Waals surface area (Å²) in [5.41, 5.74) is 0.205. The average Bonchev–Trinajstić information content (AvgIpc) is 2.20. The molecule has 0 fully saturated rings. The summed E-state index contributed by atoms with van der Waals surface area (Å²) in [5, 5.41) is 12.3. The van der Waals surface area contributed by atoms with Crippen LogP contribution in [0, 0.1) is 5.92 Å². The van der Waals surface area contributed by atoms with Crippen molar-refractivity contribution in [2.45, 2.75) is 46.6 Å². The average molecular weight is 230 g/mol. The maximum atomic E-state index is 8.82. The zero-order valence-corrected chi connectivity index (χ0v) is 11.7. The molecule has 0 heterocycles. The molecule has 0 aromatic heterocycles. The Morgan fingerprint density at radius 1 is 1.31 bits per heavy atom. The van der Waals surface area contributed by atoms with Crippen LogP contribution in [0.2, 0.25) is 0 Å². The molecule has 98 valence electrons. The van der Waals surface area contributed by atoms with E-state index in [4.69, 9.17) is 5.11 Å². The van der Waals surface area contributed by atoms with Crippen LogP contribution >= 0.6 is 0 Å². The molecule has 0 rings (SSSR count). The second kappa shape index (κ2) is 8.04. The zero-order valence-electron chi connectivity index (χ0n) is 11.7. The lowest BCUT2D eigenvalue weighted by atomic mass is 10.1. The van der Waals surface area contributed by atoms with E-state index >= 15 is 0 Å². The Hall–Kier alpha value is -0.120. The number of aliphatic hydroxyl groups is 1. The minimum Gasteiger partial charge on any atom is -0.396 e. The number of rotatable bonds is 8. The van der Waals surface area contributed by atoms with Gasteiger partial charge in [0.2, 0.25) is 0 Å². The fourth-order valence-electron chi connectivity index (χ4n) is 1.66. The molecule has 0 radical (unpaired) electrons. The Labute approximate surface area is 101 Å². The Morgan fingerprint density at radius 3 is 2.38 bits per heavy atom. The third-order valence-corrected chi connectivity index (χ3v) is 2.63. The smallest absolute Gasteiger partial charge is 0.0443 e. The standard InChI is InChI=1S/C13H30N2O/c1-6-15(8-7-9-16)11-12(2)10-14-13(3,4)5/h12,14,16H,6-11H2,1-5H3. The molecule has 0 aliphatic carbocycles. The maximum Gasteiger partial charge on any atom is 0.0443 e. The lowest BCUT2D eigenvalue weighted by molar-refractivity contribution is 0.206. The van der Waals surface area contributed by atoms with E-state index in [-0.39, 0.29) is 5.54 Å². The van der Waals surface area contributed by atoms with Gasteiger partial charge in [0.05, 0.1) is 0 Å². The van der Waals surface area contributed by atoms with Gasteiger partial charge < -0.3 is 15.3 Å². The van der Waals surface area contributed by atoms with Crippen LogP contribution in [0.4, 0.5) is 0 Å². The van der Waals surface area contributed by atoms with Crippen LogP contribution < -0.4 is 5.32 Å². The van der Waals surface area contributed by atoms with Gasteiger partial charge in [-0.15, -0.1) is 0 Å². The van der Waals surface area contributed by atoms with Gasteiger partial charge in [0, 0.05) is 25.2 Å². The molecule has 0 saturated carbocycles. The molecule has 0 aromatic rings. The van der Waals surface area contributed by atoms with Crippen LogP contribution in [-0.2, 0) is 0 Å². The molecule has 3 heteroatoms. The van der Waals surface area contributed by atoms with Gasteiger partial charge in [-0.1, -0.05) is 13.8 Å². The second-order valence-corrected chi connectivity index (χ2v) is 5.71. The van der Waals surface area contributed by atoms with Crippen molar-refractivity contribution in [3.63, 3.8) is 0 Å². The Morgan fingerprint density at radius 2 is 1.94 bits per heavy atom. The molecule has 0 saturated heterocycles. The van der Waals surface area contributed by atoms with Crippen LogP contribution in [0.15, 0.2) is 0 Å².